The van der Waals surface area contributed by atoms with E-state index in [-0.39, 0.29) is 18.5 Å². The predicted octanol–water partition coefficient (Wildman–Crippen LogP) is 2.49. The molecule has 4 rings (SSSR count). The summed E-state index contributed by atoms with van der Waals surface area (Å²) >= 11 is 1.28. The van der Waals surface area contributed by atoms with E-state index in [4.69, 9.17) is 14.2 Å². The molecule has 1 aromatic heterocycles. The number of nitrogens with one attached hydrogen (secondary N) is 1. The maximum Gasteiger partial charge on any atom is 0.343 e. The van der Waals surface area contributed by atoms with E-state index in [2.05, 4.69) is 15.5 Å². The molecule has 0 spiro atoms. The van der Waals surface area contributed by atoms with E-state index in [0.29, 0.717) is 33.7 Å². The lowest BCUT2D eigenvalue weighted by molar-refractivity contribution is -0.113. The van der Waals surface area contributed by atoms with Crippen LogP contribution in [-0.4, -0.2) is 39.2 Å². The lowest BCUT2D eigenvalue weighted by Crippen LogP contribution is -2.15. The van der Waals surface area contributed by atoms with Gasteiger partial charge in [0.25, 0.3) is 0 Å². The summed E-state index contributed by atoms with van der Waals surface area (Å²) in [6.45, 7) is 0.150. The van der Waals surface area contributed by atoms with Gasteiger partial charge in [-0.15, -0.1) is 10.2 Å². The second kappa shape index (κ2) is 8.23. The fourth-order valence-electron chi connectivity index (χ4n) is 2.53. The van der Waals surface area contributed by atoms with Crippen LogP contribution in [0.1, 0.15) is 10.4 Å². The number of amides is 1. The third-order valence-corrected chi connectivity index (χ3v) is 5.00. The first-order valence-electron chi connectivity index (χ1n) is 8.57. The molecule has 1 amide bonds. The summed E-state index contributed by atoms with van der Waals surface area (Å²) in [7, 11) is 1.81. The van der Waals surface area contributed by atoms with Crippen LogP contribution >= 0.6 is 11.8 Å². The van der Waals surface area contributed by atoms with Gasteiger partial charge in [0.1, 0.15) is 12.1 Å². The molecule has 0 fully saturated rings. The number of nitrogens with zero attached hydrogens (tertiary/aromatic N) is 3. The van der Waals surface area contributed by atoms with Crippen LogP contribution in [0.2, 0.25) is 0 Å². The molecule has 0 bridgehead atoms. The molecule has 3 aromatic rings. The zero-order valence-corrected chi connectivity index (χ0v) is 16.1. The lowest BCUT2D eigenvalue weighted by Gasteiger charge is -2.07. The van der Waals surface area contributed by atoms with Crippen molar-refractivity contribution in [3.05, 3.63) is 54.4 Å². The van der Waals surface area contributed by atoms with Crippen molar-refractivity contribution in [2.75, 3.05) is 17.9 Å². The van der Waals surface area contributed by atoms with Crippen molar-refractivity contribution < 1.29 is 23.8 Å². The fraction of sp³-hybridized carbons (Fsp3) is 0.158. The standard InChI is InChI=1S/C19H16N4O5S/c1-23-10-20-22-19(23)29-9-17(24)21-13-4-2-12(3-5-13)18(25)28-14-6-7-15-16(8-14)27-11-26-15/h2-8,10H,9,11H2,1H3,(H,21,24). The van der Waals surface area contributed by atoms with E-state index in [1.807, 2.05) is 7.05 Å². The van der Waals surface area contributed by atoms with Gasteiger partial charge in [-0.25, -0.2) is 4.79 Å². The van der Waals surface area contributed by atoms with Crippen molar-refractivity contribution in [3.8, 4) is 17.2 Å². The van der Waals surface area contributed by atoms with Gasteiger partial charge >= 0.3 is 5.97 Å². The zero-order chi connectivity index (χ0) is 20.2. The predicted molar refractivity (Wildman–Crippen MR) is 104 cm³/mol. The van der Waals surface area contributed by atoms with Crippen LogP contribution in [0.25, 0.3) is 0 Å². The van der Waals surface area contributed by atoms with Gasteiger partial charge in [-0.1, -0.05) is 11.8 Å². The minimum absolute atomic E-state index is 0.150. The molecular formula is C19H16N4O5S. The smallest absolute Gasteiger partial charge is 0.343 e. The average Bonchev–Trinajstić information content (AvgIpc) is 3.35. The summed E-state index contributed by atoms with van der Waals surface area (Å²) in [5, 5.41) is 11.1. The zero-order valence-electron chi connectivity index (χ0n) is 15.3. The maximum absolute atomic E-state index is 12.3. The monoisotopic (exact) mass is 412 g/mol. The highest BCUT2D eigenvalue weighted by Gasteiger charge is 2.16. The third-order valence-electron chi connectivity index (χ3n) is 3.96. The molecular weight excluding hydrogens is 396 g/mol. The second-order valence-corrected chi connectivity index (χ2v) is 6.99. The number of anilines is 1. The molecule has 2 heterocycles. The molecule has 0 unspecified atom stereocenters. The topological polar surface area (TPSA) is 105 Å². The van der Waals surface area contributed by atoms with Crippen LogP contribution in [0.5, 0.6) is 17.2 Å². The quantitative estimate of drug-likeness (QED) is 0.374. The highest BCUT2D eigenvalue weighted by molar-refractivity contribution is 7.99. The van der Waals surface area contributed by atoms with Crippen molar-refractivity contribution in [2.45, 2.75) is 5.16 Å². The van der Waals surface area contributed by atoms with Gasteiger partial charge in [0.05, 0.1) is 11.3 Å². The highest BCUT2D eigenvalue weighted by atomic mass is 32.2. The van der Waals surface area contributed by atoms with Crippen LogP contribution in [0, 0.1) is 0 Å². The van der Waals surface area contributed by atoms with Crippen LogP contribution in [0.15, 0.2) is 53.9 Å². The first-order valence-corrected chi connectivity index (χ1v) is 9.55. The maximum atomic E-state index is 12.3. The average molecular weight is 412 g/mol. The number of carbonyl (C=O) groups excluding carboxylic acids is 2. The van der Waals surface area contributed by atoms with Crippen LogP contribution in [0.3, 0.4) is 0 Å². The number of ether oxygens (including phenoxy) is 3. The molecule has 1 N–H and O–H groups in total. The Balaban J connectivity index is 1.31. The van der Waals surface area contributed by atoms with Gasteiger partial charge in [-0.3, -0.25) is 4.79 Å². The van der Waals surface area contributed by atoms with Gasteiger partial charge in [0.15, 0.2) is 16.7 Å². The fourth-order valence-corrected chi connectivity index (χ4v) is 3.21. The molecule has 10 heteroatoms. The summed E-state index contributed by atoms with van der Waals surface area (Å²) in [4.78, 5) is 24.4. The summed E-state index contributed by atoms with van der Waals surface area (Å²) in [6.07, 6.45) is 1.57. The SMILES string of the molecule is Cn1cnnc1SCC(=O)Nc1ccc(C(=O)Oc2ccc3c(c2)OCO3)cc1. The second-order valence-electron chi connectivity index (χ2n) is 6.04. The molecule has 0 atom stereocenters. The Morgan fingerprint density at radius 1 is 1.17 bits per heavy atom. The number of benzene rings is 2. The van der Waals surface area contributed by atoms with Crippen LogP contribution < -0.4 is 19.5 Å². The van der Waals surface area contributed by atoms with E-state index in [9.17, 15) is 9.59 Å². The summed E-state index contributed by atoms with van der Waals surface area (Å²) in [5.41, 5.74) is 0.933. The summed E-state index contributed by atoms with van der Waals surface area (Å²) in [5.74, 6) is 1.00. The Morgan fingerprint density at radius 3 is 2.72 bits per heavy atom. The number of fused-ring (bicyclic) bond motifs is 1. The summed E-state index contributed by atoms with van der Waals surface area (Å²) in [6, 6.07) is 11.4. The molecule has 0 saturated heterocycles. The first kappa shape index (κ1) is 18.8. The highest BCUT2D eigenvalue weighted by Crippen LogP contribution is 2.35. The number of aryl methyl sites for hydroxylation is 1. The third kappa shape index (κ3) is 4.49. The Labute approximate surface area is 170 Å². The van der Waals surface area contributed by atoms with Crippen LogP contribution in [-0.2, 0) is 11.8 Å². The Kier molecular flexibility index (Phi) is 5.34. The molecule has 1 aliphatic heterocycles. The van der Waals surface area contributed by atoms with Crippen molar-refractivity contribution >= 4 is 29.3 Å². The number of carbonyl (C=O) groups is 2. The minimum atomic E-state index is -0.514. The molecule has 1 aliphatic rings. The Morgan fingerprint density at radius 2 is 1.97 bits per heavy atom. The normalized spacial score (nSPS) is 11.9. The van der Waals surface area contributed by atoms with Gasteiger partial charge < -0.3 is 24.1 Å². The number of esters is 1. The lowest BCUT2D eigenvalue weighted by atomic mass is 10.2. The largest absolute Gasteiger partial charge is 0.454 e. The Hall–Kier alpha value is -3.53. The molecule has 0 aliphatic carbocycles. The molecule has 29 heavy (non-hydrogen) atoms. The van der Waals surface area contributed by atoms with Gasteiger partial charge in [-0.2, -0.15) is 0 Å². The molecule has 148 valence electrons. The minimum Gasteiger partial charge on any atom is -0.454 e. The van der Waals surface area contributed by atoms with E-state index in [0.717, 1.165) is 0 Å². The van der Waals surface area contributed by atoms with Gasteiger partial charge in [0.2, 0.25) is 12.7 Å². The van der Waals surface area contributed by atoms with Crippen LogP contribution in [0.4, 0.5) is 5.69 Å². The van der Waals surface area contributed by atoms with Gasteiger partial charge in [0, 0.05) is 18.8 Å². The van der Waals surface area contributed by atoms with Crippen molar-refractivity contribution in [3.63, 3.8) is 0 Å². The van der Waals surface area contributed by atoms with Gasteiger partial charge in [-0.05, 0) is 36.4 Å². The van der Waals surface area contributed by atoms with Crippen molar-refractivity contribution in [2.24, 2.45) is 7.05 Å². The van der Waals surface area contributed by atoms with E-state index in [1.165, 1.54) is 11.8 Å². The number of aromatic nitrogens is 3. The van der Waals surface area contributed by atoms with Crippen molar-refractivity contribution in [1.29, 1.82) is 0 Å². The Bertz CT molecular complexity index is 1050. The molecule has 9 nitrogen and oxygen atoms in total. The molecule has 0 radical (unpaired) electrons. The van der Waals surface area contributed by atoms with E-state index >= 15 is 0 Å². The van der Waals surface area contributed by atoms with Crippen molar-refractivity contribution in [1.82, 2.24) is 14.8 Å². The number of hydrogen-bond acceptors (Lipinski definition) is 8. The number of rotatable bonds is 6. The molecule has 2 aromatic carbocycles. The first-order chi connectivity index (χ1) is 14.1. The van der Waals surface area contributed by atoms with E-state index < -0.39 is 5.97 Å². The van der Waals surface area contributed by atoms with E-state index in [1.54, 1.807) is 53.4 Å². The molecule has 0 saturated carbocycles. The summed E-state index contributed by atoms with van der Waals surface area (Å²) < 4.78 is 17.6. The number of thioether (sulfide) groups is 1. The number of hydrogen-bond donors (Lipinski definition) is 1.